The summed E-state index contributed by atoms with van der Waals surface area (Å²) in [5, 5.41) is 2.94. The van der Waals surface area contributed by atoms with Gasteiger partial charge in [-0.25, -0.2) is 0 Å². The zero-order valence-electron chi connectivity index (χ0n) is 8.08. The van der Waals surface area contributed by atoms with Gasteiger partial charge >= 0.3 is 0 Å². The molecule has 0 saturated carbocycles. The van der Waals surface area contributed by atoms with Crippen LogP contribution in [0.25, 0.3) is 0 Å². The molecule has 2 unspecified atom stereocenters. The van der Waals surface area contributed by atoms with Gasteiger partial charge in [0.05, 0.1) is 12.6 Å². The van der Waals surface area contributed by atoms with Crippen LogP contribution in [0.2, 0.25) is 0 Å². The van der Waals surface area contributed by atoms with Crippen molar-refractivity contribution in [3.63, 3.8) is 0 Å². The summed E-state index contributed by atoms with van der Waals surface area (Å²) < 4.78 is 5.16. The Labute approximate surface area is 78.8 Å². The van der Waals surface area contributed by atoms with Crippen LogP contribution >= 0.6 is 0 Å². The normalized spacial score (nSPS) is 24.3. The van der Waals surface area contributed by atoms with Gasteiger partial charge in [-0.3, -0.25) is 4.79 Å². The summed E-state index contributed by atoms with van der Waals surface area (Å²) in [5.41, 5.74) is 5.47. The molecule has 1 amide bonds. The lowest BCUT2D eigenvalue weighted by Crippen LogP contribution is -2.41. The zero-order valence-corrected chi connectivity index (χ0v) is 8.08. The summed E-state index contributed by atoms with van der Waals surface area (Å²) in [6, 6.07) is 0.202. The standard InChI is InChI=1S/C9H18N2O2/c1-2-7(5-10)9(12)11-8-3-4-13-6-8/h7-8H,2-6,10H2,1H3,(H,11,12). The highest BCUT2D eigenvalue weighted by molar-refractivity contribution is 5.79. The van der Waals surface area contributed by atoms with Gasteiger partial charge in [0.1, 0.15) is 0 Å². The van der Waals surface area contributed by atoms with Gasteiger partial charge < -0.3 is 15.8 Å². The highest BCUT2D eigenvalue weighted by Gasteiger charge is 2.21. The van der Waals surface area contributed by atoms with E-state index in [0.717, 1.165) is 19.4 Å². The Bertz CT molecular complexity index is 163. The predicted octanol–water partition coefficient (Wildman–Crippen LogP) is -0.124. The minimum absolute atomic E-state index is 0.0411. The maximum absolute atomic E-state index is 11.5. The quantitative estimate of drug-likeness (QED) is 0.643. The fourth-order valence-electron chi connectivity index (χ4n) is 1.43. The van der Waals surface area contributed by atoms with Crippen molar-refractivity contribution in [2.75, 3.05) is 19.8 Å². The Morgan fingerprint density at radius 2 is 2.54 bits per heavy atom. The number of carbonyl (C=O) groups is 1. The molecule has 1 aliphatic rings. The van der Waals surface area contributed by atoms with Crippen LogP contribution in [0.15, 0.2) is 0 Å². The van der Waals surface area contributed by atoms with Crippen molar-refractivity contribution in [3.05, 3.63) is 0 Å². The molecule has 0 aromatic heterocycles. The molecule has 4 nitrogen and oxygen atoms in total. The molecule has 3 N–H and O–H groups in total. The average Bonchev–Trinajstić information content (AvgIpc) is 2.59. The fourth-order valence-corrected chi connectivity index (χ4v) is 1.43. The molecule has 2 atom stereocenters. The summed E-state index contributed by atoms with van der Waals surface area (Å²) in [6.07, 6.45) is 1.72. The molecular weight excluding hydrogens is 168 g/mol. The summed E-state index contributed by atoms with van der Waals surface area (Å²) in [6.45, 7) is 3.80. The predicted molar refractivity (Wildman–Crippen MR) is 50.2 cm³/mol. The molecule has 0 bridgehead atoms. The first-order chi connectivity index (χ1) is 6.27. The molecule has 0 aliphatic carbocycles. The van der Waals surface area contributed by atoms with Gasteiger partial charge in [0, 0.05) is 19.1 Å². The summed E-state index contributed by atoms with van der Waals surface area (Å²) in [5.74, 6) is 0.0288. The lowest BCUT2D eigenvalue weighted by Gasteiger charge is -2.16. The topological polar surface area (TPSA) is 64.4 Å². The molecule has 4 heteroatoms. The second-order valence-corrected chi connectivity index (χ2v) is 3.41. The number of carbonyl (C=O) groups excluding carboxylic acids is 1. The van der Waals surface area contributed by atoms with E-state index < -0.39 is 0 Å². The van der Waals surface area contributed by atoms with Crippen LogP contribution in [0.4, 0.5) is 0 Å². The van der Waals surface area contributed by atoms with E-state index in [1.807, 2.05) is 6.92 Å². The van der Waals surface area contributed by atoms with Crippen molar-refractivity contribution in [1.29, 1.82) is 0 Å². The van der Waals surface area contributed by atoms with E-state index in [2.05, 4.69) is 5.32 Å². The molecule has 76 valence electrons. The molecule has 1 heterocycles. The van der Waals surface area contributed by atoms with Crippen LogP contribution in [0.3, 0.4) is 0 Å². The number of hydrogen-bond acceptors (Lipinski definition) is 3. The van der Waals surface area contributed by atoms with Crippen molar-refractivity contribution in [3.8, 4) is 0 Å². The highest BCUT2D eigenvalue weighted by atomic mass is 16.5. The van der Waals surface area contributed by atoms with Crippen LogP contribution < -0.4 is 11.1 Å². The van der Waals surface area contributed by atoms with Gasteiger partial charge in [0.25, 0.3) is 0 Å². The lowest BCUT2D eigenvalue weighted by molar-refractivity contribution is -0.125. The summed E-state index contributed by atoms with van der Waals surface area (Å²) >= 11 is 0. The van der Waals surface area contributed by atoms with Crippen LogP contribution in [-0.4, -0.2) is 31.7 Å². The van der Waals surface area contributed by atoms with Gasteiger partial charge in [-0.2, -0.15) is 0 Å². The van der Waals surface area contributed by atoms with Gasteiger partial charge in [0.15, 0.2) is 0 Å². The van der Waals surface area contributed by atoms with Crippen molar-refractivity contribution < 1.29 is 9.53 Å². The summed E-state index contributed by atoms with van der Waals surface area (Å²) in [4.78, 5) is 11.5. The first-order valence-corrected chi connectivity index (χ1v) is 4.86. The monoisotopic (exact) mass is 186 g/mol. The molecule has 1 saturated heterocycles. The average molecular weight is 186 g/mol. The van der Waals surface area contributed by atoms with Crippen molar-refractivity contribution in [1.82, 2.24) is 5.32 Å². The van der Waals surface area contributed by atoms with Gasteiger partial charge in [-0.1, -0.05) is 6.92 Å². The molecule has 0 radical (unpaired) electrons. The summed E-state index contributed by atoms with van der Waals surface area (Å²) in [7, 11) is 0. The second-order valence-electron chi connectivity index (χ2n) is 3.41. The van der Waals surface area contributed by atoms with E-state index in [1.165, 1.54) is 0 Å². The Hall–Kier alpha value is -0.610. The van der Waals surface area contributed by atoms with Crippen LogP contribution in [0, 0.1) is 5.92 Å². The van der Waals surface area contributed by atoms with Crippen LogP contribution in [-0.2, 0) is 9.53 Å². The van der Waals surface area contributed by atoms with Gasteiger partial charge in [-0.05, 0) is 12.8 Å². The highest BCUT2D eigenvalue weighted by Crippen LogP contribution is 2.06. The number of nitrogens with one attached hydrogen (secondary N) is 1. The minimum atomic E-state index is -0.0411. The third-order valence-electron chi connectivity index (χ3n) is 2.42. The van der Waals surface area contributed by atoms with Crippen molar-refractivity contribution in [2.24, 2.45) is 11.7 Å². The molecule has 1 fully saturated rings. The van der Waals surface area contributed by atoms with Crippen LogP contribution in [0.1, 0.15) is 19.8 Å². The Balaban J connectivity index is 2.29. The molecule has 1 aliphatic heterocycles. The Morgan fingerprint density at radius 3 is 3.00 bits per heavy atom. The third kappa shape index (κ3) is 2.97. The minimum Gasteiger partial charge on any atom is -0.379 e. The van der Waals surface area contributed by atoms with Crippen LogP contribution in [0.5, 0.6) is 0 Å². The lowest BCUT2D eigenvalue weighted by atomic mass is 10.1. The van der Waals surface area contributed by atoms with E-state index in [4.69, 9.17) is 10.5 Å². The van der Waals surface area contributed by atoms with E-state index in [0.29, 0.717) is 13.2 Å². The fraction of sp³-hybridized carbons (Fsp3) is 0.889. The van der Waals surface area contributed by atoms with E-state index in [1.54, 1.807) is 0 Å². The Kier molecular flexibility index (Phi) is 4.18. The molecule has 0 aromatic carbocycles. The first-order valence-electron chi connectivity index (χ1n) is 4.86. The second kappa shape index (κ2) is 5.19. The Morgan fingerprint density at radius 1 is 1.77 bits per heavy atom. The maximum atomic E-state index is 11.5. The van der Waals surface area contributed by atoms with E-state index >= 15 is 0 Å². The van der Waals surface area contributed by atoms with Gasteiger partial charge in [-0.15, -0.1) is 0 Å². The van der Waals surface area contributed by atoms with E-state index in [-0.39, 0.29) is 17.9 Å². The SMILES string of the molecule is CCC(CN)C(=O)NC1CCOC1. The largest absolute Gasteiger partial charge is 0.379 e. The zero-order chi connectivity index (χ0) is 9.68. The number of amides is 1. The first kappa shape index (κ1) is 10.5. The smallest absolute Gasteiger partial charge is 0.224 e. The molecular formula is C9H18N2O2. The van der Waals surface area contributed by atoms with Crippen molar-refractivity contribution in [2.45, 2.75) is 25.8 Å². The number of nitrogens with two attached hydrogens (primary N) is 1. The van der Waals surface area contributed by atoms with Crippen molar-refractivity contribution >= 4 is 5.91 Å². The number of ether oxygens (including phenoxy) is 1. The number of rotatable bonds is 4. The molecule has 1 rings (SSSR count). The van der Waals surface area contributed by atoms with E-state index in [9.17, 15) is 4.79 Å². The maximum Gasteiger partial charge on any atom is 0.224 e. The third-order valence-corrected chi connectivity index (χ3v) is 2.42. The molecule has 13 heavy (non-hydrogen) atoms. The number of hydrogen-bond donors (Lipinski definition) is 2. The molecule has 0 spiro atoms. The van der Waals surface area contributed by atoms with Gasteiger partial charge in [0.2, 0.25) is 5.91 Å². The molecule has 0 aromatic rings.